The number of carbonyl (C=O) groups excluding carboxylic acids is 2. The maximum atomic E-state index is 11.6. The Morgan fingerprint density at radius 2 is 2.05 bits per heavy atom. The summed E-state index contributed by atoms with van der Waals surface area (Å²) < 4.78 is 0. The number of amides is 2. The highest BCUT2D eigenvalue weighted by atomic mass is 16.7. The molecular weight excluding hydrogens is 252 g/mol. The molecule has 0 spiro atoms. The van der Waals surface area contributed by atoms with Gasteiger partial charge in [-0.3, -0.25) is 14.4 Å². The SMILES string of the molecule is NC(=O)CONC(=O)c1ccc(-c2nn[nH]n2)cc1. The number of nitrogens with one attached hydrogen (secondary N) is 2. The topological polar surface area (TPSA) is 136 Å². The molecule has 0 unspecified atom stereocenters. The highest BCUT2D eigenvalue weighted by molar-refractivity contribution is 5.93. The number of hydrogen-bond acceptors (Lipinski definition) is 6. The third-order valence-electron chi connectivity index (χ3n) is 2.13. The highest BCUT2D eigenvalue weighted by Crippen LogP contribution is 2.13. The van der Waals surface area contributed by atoms with Crippen LogP contribution in [-0.2, 0) is 9.63 Å². The van der Waals surface area contributed by atoms with E-state index in [1.807, 2.05) is 0 Å². The Hall–Kier alpha value is -2.81. The van der Waals surface area contributed by atoms with Gasteiger partial charge in [0.2, 0.25) is 11.7 Å². The highest BCUT2D eigenvalue weighted by Gasteiger charge is 2.08. The second-order valence-corrected chi connectivity index (χ2v) is 3.50. The minimum Gasteiger partial charge on any atom is -0.368 e. The molecule has 2 aromatic rings. The van der Waals surface area contributed by atoms with E-state index in [0.29, 0.717) is 17.0 Å². The van der Waals surface area contributed by atoms with Crippen LogP contribution in [0.4, 0.5) is 0 Å². The number of nitrogens with two attached hydrogens (primary N) is 1. The lowest BCUT2D eigenvalue weighted by Gasteiger charge is -2.04. The van der Waals surface area contributed by atoms with Crippen molar-refractivity contribution in [3.05, 3.63) is 29.8 Å². The second-order valence-electron chi connectivity index (χ2n) is 3.50. The summed E-state index contributed by atoms with van der Waals surface area (Å²) in [5.74, 6) is -0.731. The Kier molecular flexibility index (Phi) is 3.78. The first-order valence-corrected chi connectivity index (χ1v) is 5.21. The van der Waals surface area contributed by atoms with Gasteiger partial charge in [-0.25, -0.2) is 5.48 Å². The summed E-state index contributed by atoms with van der Waals surface area (Å²) in [4.78, 5) is 26.6. The van der Waals surface area contributed by atoms with Gasteiger partial charge in [0.1, 0.15) is 0 Å². The van der Waals surface area contributed by atoms with Gasteiger partial charge in [-0.2, -0.15) is 5.21 Å². The van der Waals surface area contributed by atoms with Crippen molar-refractivity contribution >= 4 is 11.8 Å². The predicted molar refractivity (Wildman–Crippen MR) is 62.2 cm³/mol. The monoisotopic (exact) mass is 262 g/mol. The molecule has 0 atom stereocenters. The largest absolute Gasteiger partial charge is 0.368 e. The number of hydrogen-bond donors (Lipinski definition) is 3. The van der Waals surface area contributed by atoms with Gasteiger partial charge in [0, 0.05) is 11.1 Å². The Balaban J connectivity index is 1.98. The van der Waals surface area contributed by atoms with Crippen molar-refractivity contribution in [1.29, 1.82) is 0 Å². The number of carbonyl (C=O) groups is 2. The zero-order valence-electron chi connectivity index (χ0n) is 9.66. The van der Waals surface area contributed by atoms with E-state index in [-0.39, 0.29) is 6.61 Å². The lowest BCUT2D eigenvalue weighted by atomic mass is 10.1. The Labute approximate surface area is 107 Å². The Bertz CT molecular complexity index is 565. The number of aromatic nitrogens is 4. The average molecular weight is 262 g/mol. The zero-order chi connectivity index (χ0) is 13.7. The second kappa shape index (κ2) is 5.69. The molecule has 19 heavy (non-hydrogen) atoms. The lowest BCUT2D eigenvalue weighted by Crippen LogP contribution is -2.29. The summed E-state index contributed by atoms with van der Waals surface area (Å²) >= 11 is 0. The molecule has 1 aromatic carbocycles. The molecule has 2 amide bonds. The molecule has 0 saturated heterocycles. The van der Waals surface area contributed by atoms with Crippen molar-refractivity contribution in [1.82, 2.24) is 26.1 Å². The Morgan fingerprint density at radius 1 is 1.32 bits per heavy atom. The molecule has 2 rings (SSSR count). The first-order chi connectivity index (χ1) is 9.16. The van der Waals surface area contributed by atoms with Crippen LogP contribution < -0.4 is 11.2 Å². The molecule has 0 bridgehead atoms. The minimum atomic E-state index is -0.673. The summed E-state index contributed by atoms with van der Waals surface area (Å²) in [7, 11) is 0. The molecule has 1 heterocycles. The number of rotatable bonds is 5. The third-order valence-corrected chi connectivity index (χ3v) is 2.13. The fraction of sp³-hybridized carbons (Fsp3) is 0.100. The molecule has 4 N–H and O–H groups in total. The van der Waals surface area contributed by atoms with Gasteiger partial charge < -0.3 is 5.73 Å². The van der Waals surface area contributed by atoms with Gasteiger partial charge in [-0.05, 0) is 17.3 Å². The molecular formula is C10H10N6O3. The third kappa shape index (κ3) is 3.33. The average Bonchev–Trinajstić information content (AvgIpc) is 2.92. The van der Waals surface area contributed by atoms with E-state index in [0.717, 1.165) is 0 Å². The Morgan fingerprint density at radius 3 is 2.63 bits per heavy atom. The number of hydroxylamine groups is 1. The van der Waals surface area contributed by atoms with Gasteiger partial charge >= 0.3 is 0 Å². The van der Waals surface area contributed by atoms with Gasteiger partial charge in [-0.1, -0.05) is 12.1 Å². The molecule has 0 fully saturated rings. The molecule has 0 aliphatic heterocycles. The zero-order valence-corrected chi connectivity index (χ0v) is 9.66. The molecule has 0 saturated carbocycles. The van der Waals surface area contributed by atoms with Crippen LogP contribution in [0.1, 0.15) is 10.4 Å². The van der Waals surface area contributed by atoms with Crippen LogP contribution in [0.5, 0.6) is 0 Å². The minimum absolute atomic E-state index is 0.358. The first kappa shape index (κ1) is 12.6. The fourth-order valence-electron chi connectivity index (χ4n) is 1.29. The maximum absolute atomic E-state index is 11.6. The van der Waals surface area contributed by atoms with E-state index in [1.165, 1.54) is 0 Å². The molecule has 98 valence electrons. The molecule has 0 aliphatic carbocycles. The maximum Gasteiger partial charge on any atom is 0.274 e. The fourth-order valence-corrected chi connectivity index (χ4v) is 1.29. The van der Waals surface area contributed by atoms with Gasteiger partial charge in [0.15, 0.2) is 6.61 Å². The van der Waals surface area contributed by atoms with Gasteiger partial charge in [0.25, 0.3) is 5.91 Å². The summed E-state index contributed by atoms with van der Waals surface area (Å²) in [5.41, 5.74) is 8.02. The number of benzene rings is 1. The van der Waals surface area contributed by atoms with E-state index >= 15 is 0 Å². The normalized spacial score (nSPS) is 10.1. The molecule has 9 heteroatoms. The standard InChI is InChI=1S/C10H10N6O3/c11-8(17)5-19-14-10(18)7-3-1-6(2-4-7)9-12-15-16-13-9/h1-4H,5H2,(H2,11,17)(H,14,18)(H,12,13,15,16). The number of primary amides is 1. The van der Waals surface area contributed by atoms with Crippen LogP contribution in [0.15, 0.2) is 24.3 Å². The van der Waals surface area contributed by atoms with E-state index in [1.54, 1.807) is 24.3 Å². The van der Waals surface area contributed by atoms with Crippen molar-refractivity contribution in [2.75, 3.05) is 6.61 Å². The molecule has 0 radical (unpaired) electrons. The number of tetrazole rings is 1. The summed E-state index contributed by atoms with van der Waals surface area (Å²) in [5, 5.41) is 13.4. The van der Waals surface area contributed by atoms with E-state index in [9.17, 15) is 9.59 Å². The molecule has 1 aromatic heterocycles. The quantitative estimate of drug-likeness (QED) is 0.592. The van der Waals surface area contributed by atoms with Crippen LogP contribution in [0, 0.1) is 0 Å². The predicted octanol–water partition coefficient (Wildman–Crippen LogP) is -0.987. The number of H-pyrrole nitrogens is 1. The van der Waals surface area contributed by atoms with Crippen molar-refractivity contribution in [2.24, 2.45) is 5.73 Å². The van der Waals surface area contributed by atoms with Crippen LogP contribution >= 0.6 is 0 Å². The van der Waals surface area contributed by atoms with E-state index in [2.05, 4.69) is 30.9 Å². The molecule has 9 nitrogen and oxygen atoms in total. The smallest absolute Gasteiger partial charge is 0.274 e. The van der Waals surface area contributed by atoms with Gasteiger partial charge in [-0.15, -0.1) is 10.2 Å². The van der Waals surface area contributed by atoms with Crippen LogP contribution in [0.3, 0.4) is 0 Å². The summed E-state index contributed by atoms with van der Waals surface area (Å²) in [6.45, 7) is -0.382. The van der Waals surface area contributed by atoms with Crippen molar-refractivity contribution < 1.29 is 14.4 Å². The van der Waals surface area contributed by atoms with Crippen LogP contribution in [0.2, 0.25) is 0 Å². The number of nitrogens with zero attached hydrogens (tertiary/aromatic N) is 3. The van der Waals surface area contributed by atoms with Crippen molar-refractivity contribution in [3.63, 3.8) is 0 Å². The number of aromatic amines is 1. The summed E-state index contributed by atoms with van der Waals surface area (Å²) in [6.07, 6.45) is 0. The lowest BCUT2D eigenvalue weighted by molar-refractivity contribution is -0.124. The molecule has 0 aliphatic rings. The van der Waals surface area contributed by atoms with Crippen LogP contribution in [0.25, 0.3) is 11.4 Å². The van der Waals surface area contributed by atoms with Crippen molar-refractivity contribution in [2.45, 2.75) is 0 Å². The first-order valence-electron chi connectivity index (χ1n) is 5.21. The van der Waals surface area contributed by atoms with Crippen molar-refractivity contribution in [3.8, 4) is 11.4 Å². The van der Waals surface area contributed by atoms with Gasteiger partial charge in [0.05, 0.1) is 0 Å². The van der Waals surface area contributed by atoms with E-state index in [4.69, 9.17) is 5.73 Å². The summed E-state index contributed by atoms with van der Waals surface area (Å²) in [6, 6.07) is 6.45. The van der Waals surface area contributed by atoms with E-state index < -0.39 is 11.8 Å². The van der Waals surface area contributed by atoms with Crippen LogP contribution in [-0.4, -0.2) is 39.0 Å².